The largest absolute Gasteiger partial charge is 0.505 e. The van der Waals surface area contributed by atoms with Gasteiger partial charge in [-0.3, -0.25) is 4.98 Å². The molecule has 2 aromatic carbocycles. The summed E-state index contributed by atoms with van der Waals surface area (Å²) in [6.45, 7) is 4.79. The summed E-state index contributed by atoms with van der Waals surface area (Å²) in [4.78, 5) is 8.83. The van der Waals surface area contributed by atoms with E-state index in [0.717, 1.165) is 53.1 Å². The molecule has 1 atom stereocenters. The van der Waals surface area contributed by atoms with Crippen LogP contribution in [-0.4, -0.2) is 21.7 Å². The molecule has 2 N–H and O–H groups in total. The van der Waals surface area contributed by atoms with Crippen molar-refractivity contribution in [3.63, 3.8) is 0 Å². The molecule has 5 heteroatoms. The van der Waals surface area contributed by atoms with Crippen molar-refractivity contribution in [3.05, 3.63) is 89.9 Å². The van der Waals surface area contributed by atoms with Crippen LogP contribution in [0.15, 0.2) is 73.1 Å². The average molecular weight is 414 g/mol. The number of phenolic OH excluding ortho intramolecular Hbond substituents is 1. The summed E-state index contributed by atoms with van der Waals surface area (Å²) >= 11 is 0. The number of pyridine rings is 2. The van der Waals surface area contributed by atoms with E-state index in [0.29, 0.717) is 5.52 Å². The number of benzene rings is 2. The van der Waals surface area contributed by atoms with Crippen molar-refractivity contribution >= 4 is 16.6 Å². The number of nitrogens with zero attached hydrogens (tertiary/aromatic N) is 2. The van der Waals surface area contributed by atoms with E-state index in [1.807, 2.05) is 73.8 Å². The SMILES string of the molecule is CCCCOc1ccc(NC(c2cccnc2)c2ccc3ccc(C)nc3c2O)cc1. The minimum atomic E-state index is -0.285. The number of ether oxygens (including phenoxy) is 1. The quantitative estimate of drug-likeness (QED) is 0.346. The van der Waals surface area contributed by atoms with E-state index < -0.39 is 0 Å². The van der Waals surface area contributed by atoms with Crippen molar-refractivity contribution in [1.29, 1.82) is 0 Å². The first kappa shape index (κ1) is 20.7. The molecule has 0 aliphatic rings. The van der Waals surface area contributed by atoms with Crippen molar-refractivity contribution in [1.82, 2.24) is 9.97 Å². The van der Waals surface area contributed by atoms with Crippen LogP contribution in [0.2, 0.25) is 0 Å². The third-order valence-electron chi connectivity index (χ3n) is 5.27. The Morgan fingerprint density at radius 3 is 2.58 bits per heavy atom. The molecule has 4 rings (SSSR count). The summed E-state index contributed by atoms with van der Waals surface area (Å²) in [5, 5.41) is 15.6. The fourth-order valence-electron chi connectivity index (χ4n) is 3.56. The monoisotopic (exact) mass is 413 g/mol. The fraction of sp³-hybridized carbons (Fsp3) is 0.231. The highest BCUT2D eigenvalue weighted by Gasteiger charge is 2.20. The lowest BCUT2D eigenvalue weighted by Gasteiger charge is -2.22. The number of phenols is 1. The van der Waals surface area contributed by atoms with Crippen LogP contribution >= 0.6 is 0 Å². The predicted molar refractivity (Wildman–Crippen MR) is 125 cm³/mol. The van der Waals surface area contributed by atoms with Crippen LogP contribution in [0.25, 0.3) is 10.9 Å². The normalized spacial score (nSPS) is 11.9. The van der Waals surface area contributed by atoms with Crippen LogP contribution in [-0.2, 0) is 0 Å². The summed E-state index contributed by atoms with van der Waals surface area (Å²) in [5.74, 6) is 1.03. The second-order valence-corrected chi connectivity index (χ2v) is 7.62. The Balaban J connectivity index is 1.68. The predicted octanol–water partition coefficient (Wildman–Crippen LogP) is 6.02. The highest BCUT2D eigenvalue weighted by atomic mass is 16.5. The number of aromatic hydroxyl groups is 1. The van der Waals surface area contributed by atoms with Gasteiger partial charge in [0.25, 0.3) is 0 Å². The first-order valence-corrected chi connectivity index (χ1v) is 10.6. The molecule has 0 bridgehead atoms. The zero-order chi connectivity index (χ0) is 21.6. The van der Waals surface area contributed by atoms with Gasteiger partial charge in [0.05, 0.1) is 12.6 Å². The number of aryl methyl sites for hydroxylation is 1. The van der Waals surface area contributed by atoms with E-state index in [1.54, 1.807) is 6.20 Å². The van der Waals surface area contributed by atoms with Crippen LogP contribution in [0.4, 0.5) is 5.69 Å². The van der Waals surface area contributed by atoms with E-state index >= 15 is 0 Å². The van der Waals surface area contributed by atoms with Crippen molar-refractivity contribution < 1.29 is 9.84 Å². The smallest absolute Gasteiger partial charge is 0.147 e. The number of nitrogens with one attached hydrogen (secondary N) is 1. The molecular weight excluding hydrogens is 386 g/mol. The number of fused-ring (bicyclic) bond motifs is 1. The Morgan fingerprint density at radius 2 is 1.84 bits per heavy atom. The third kappa shape index (κ3) is 4.77. The molecule has 2 heterocycles. The Kier molecular flexibility index (Phi) is 6.32. The van der Waals surface area contributed by atoms with Gasteiger partial charge in [-0.15, -0.1) is 0 Å². The molecule has 0 saturated heterocycles. The maximum absolute atomic E-state index is 11.1. The maximum atomic E-state index is 11.1. The van der Waals surface area contributed by atoms with Gasteiger partial charge in [0.15, 0.2) is 0 Å². The molecule has 0 spiro atoms. The minimum Gasteiger partial charge on any atom is -0.505 e. The molecular formula is C26H27N3O2. The van der Waals surface area contributed by atoms with Crippen molar-refractivity contribution in [2.75, 3.05) is 11.9 Å². The Bertz CT molecular complexity index is 1140. The van der Waals surface area contributed by atoms with Gasteiger partial charge in [-0.1, -0.05) is 37.6 Å². The molecule has 0 radical (unpaired) electrons. The Hall–Kier alpha value is -3.60. The lowest BCUT2D eigenvalue weighted by molar-refractivity contribution is 0.309. The van der Waals surface area contributed by atoms with Crippen LogP contribution in [0.3, 0.4) is 0 Å². The molecule has 5 nitrogen and oxygen atoms in total. The summed E-state index contributed by atoms with van der Waals surface area (Å²) in [6, 6.07) is 19.4. The summed E-state index contributed by atoms with van der Waals surface area (Å²) in [7, 11) is 0. The minimum absolute atomic E-state index is 0.182. The van der Waals surface area contributed by atoms with Gasteiger partial charge in [0.1, 0.15) is 17.0 Å². The van der Waals surface area contributed by atoms with Crippen LogP contribution in [0.5, 0.6) is 11.5 Å². The molecule has 158 valence electrons. The van der Waals surface area contributed by atoms with E-state index in [-0.39, 0.29) is 11.8 Å². The van der Waals surface area contributed by atoms with Crippen molar-refractivity contribution in [2.24, 2.45) is 0 Å². The van der Waals surface area contributed by atoms with E-state index in [9.17, 15) is 5.11 Å². The van der Waals surface area contributed by atoms with E-state index in [2.05, 4.69) is 22.2 Å². The van der Waals surface area contributed by atoms with Gasteiger partial charge in [0, 0.05) is 34.7 Å². The van der Waals surface area contributed by atoms with E-state index in [4.69, 9.17) is 4.74 Å². The number of unbranched alkanes of at least 4 members (excludes halogenated alkanes) is 1. The summed E-state index contributed by atoms with van der Waals surface area (Å²) in [5.41, 5.74) is 4.10. The Labute approximate surface area is 182 Å². The zero-order valence-electron chi connectivity index (χ0n) is 17.9. The molecule has 0 aliphatic carbocycles. The standard InChI is InChI=1S/C26H27N3O2/c1-3-4-16-31-22-12-10-21(11-13-22)29-24(20-6-5-15-27-17-20)23-14-9-19-8-7-18(2)28-25(19)26(23)30/h5-15,17,24,29-30H,3-4,16H2,1-2H3. The molecule has 31 heavy (non-hydrogen) atoms. The molecule has 2 aromatic heterocycles. The van der Waals surface area contributed by atoms with Gasteiger partial charge in [-0.25, -0.2) is 4.98 Å². The average Bonchev–Trinajstić information content (AvgIpc) is 2.80. The first-order valence-electron chi connectivity index (χ1n) is 10.6. The Morgan fingerprint density at radius 1 is 1.03 bits per heavy atom. The zero-order valence-corrected chi connectivity index (χ0v) is 17.9. The van der Waals surface area contributed by atoms with Gasteiger partial charge in [-0.05, 0) is 55.3 Å². The lowest BCUT2D eigenvalue weighted by atomic mass is 9.97. The molecule has 0 aliphatic heterocycles. The third-order valence-corrected chi connectivity index (χ3v) is 5.27. The second kappa shape index (κ2) is 9.47. The van der Waals surface area contributed by atoms with Crippen LogP contribution in [0, 0.1) is 6.92 Å². The highest BCUT2D eigenvalue weighted by molar-refractivity contribution is 5.86. The highest BCUT2D eigenvalue weighted by Crippen LogP contribution is 2.36. The van der Waals surface area contributed by atoms with Crippen LogP contribution < -0.4 is 10.1 Å². The van der Waals surface area contributed by atoms with E-state index in [1.165, 1.54) is 0 Å². The fourth-order valence-corrected chi connectivity index (χ4v) is 3.56. The summed E-state index contributed by atoms with van der Waals surface area (Å²) in [6.07, 6.45) is 5.70. The number of rotatable bonds is 8. The van der Waals surface area contributed by atoms with Gasteiger partial charge < -0.3 is 15.2 Å². The first-order chi connectivity index (χ1) is 15.2. The lowest BCUT2D eigenvalue weighted by Crippen LogP contribution is -2.13. The molecule has 4 aromatic rings. The number of hydrogen-bond donors (Lipinski definition) is 2. The molecule has 1 unspecified atom stereocenters. The number of hydrogen-bond acceptors (Lipinski definition) is 5. The number of aromatic nitrogens is 2. The molecule has 0 fully saturated rings. The van der Waals surface area contributed by atoms with Gasteiger partial charge in [0.2, 0.25) is 0 Å². The molecule has 0 saturated carbocycles. The van der Waals surface area contributed by atoms with Crippen molar-refractivity contribution in [3.8, 4) is 11.5 Å². The number of anilines is 1. The van der Waals surface area contributed by atoms with Crippen molar-refractivity contribution in [2.45, 2.75) is 32.7 Å². The van der Waals surface area contributed by atoms with Crippen LogP contribution in [0.1, 0.15) is 42.6 Å². The topological polar surface area (TPSA) is 67.3 Å². The van der Waals surface area contributed by atoms with Gasteiger partial charge >= 0.3 is 0 Å². The van der Waals surface area contributed by atoms with Gasteiger partial charge in [-0.2, -0.15) is 0 Å². The molecule has 0 amide bonds. The summed E-state index contributed by atoms with van der Waals surface area (Å²) < 4.78 is 5.77. The maximum Gasteiger partial charge on any atom is 0.147 e. The second-order valence-electron chi connectivity index (χ2n) is 7.62.